The Hall–Kier alpha value is -2.24. The van der Waals surface area contributed by atoms with Gasteiger partial charge in [0.1, 0.15) is 45.0 Å². The minimum Gasteiger partial charge on any atom is -0.497 e. The van der Waals surface area contributed by atoms with Crippen molar-refractivity contribution >= 4 is 0 Å². The van der Waals surface area contributed by atoms with Crippen molar-refractivity contribution in [1.29, 1.82) is 0 Å². The molecule has 0 aromatic heterocycles. The van der Waals surface area contributed by atoms with Gasteiger partial charge in [-0.2, -0.15) is 0 Å². The topological polar surface area (TPSA) is 36.6 Å². The molecule has 0 amide bonds. The van der Waals surface area contributed by atoms with E-state index in [1.54, 1.807) is 31.1 Å². The van der Waals surface area contributed by atoms with E-state index in [0.29, 0.717) is 0 Å². The molecule has 0 radical (unpaired) electrons. The molecule has 0 unspecified atom stereocenters. The molecule has 0 atom stereocenters. The van der Waals surface area contributed by atoms with Crippen LogP contribution >= 0.6 is 0 Å². The molecule has 5 nitrogen and oxygen atoms in total. The van der Waals surface area contributed by atoms with Gasteiger partial charge in [0, 0.05) is 11.1 Å². The Labute approximate surface area is 156 Å². The number of ether oxygens (including phenoxy) is 3. The SMILES string of the molecule is COc1ccc(C[NH+]2CC[NH+](Cc3ccc(OC)c(OC)c3)CC2)cc1. The van der Waals surface area contributed by atoms with Gasteiger partial charge in [0.25, 0.3) is 0 Å². The lowest BCUT2D eigenvalue weighted by Crippen LogP contribution is -3.27. The summed E-state index contributed by atoms with van der Waals surface area (Å²) in [6, 6.07) is 14.7. The lowest BCUT2D eigenvalue weighted by atomic mass is 10.1. The molecule has 140 valence electrons. The third kappa shape index (κ3) is 4.68. The number of hydrogen-bond acceptors (Lipinski definition) is 3. The highest BCUT2D eigenvalue weighted by atomic mass is 16.5. The number of nitrogens with one attached hydrogen (secondary N) is 2. The second-order valence-electron chi connectivity index (χ2n) is 6.89. The largest absolute Gasteiger partial charge is 0.497 e. The van der Waals surface area contributed by atoms with Crippen molar-refractivity contribution < 1.29 is 24.0 Å². The van der Waals surface area contributed by atoms with Crippen molar-refractivity contribution in [3.63, 3.8) is 0 Å². The first-order valence-corrected chi connectivity index (χ1v) is 9.22. The van der Waals surface area contributed by atoms with Crippen LogP contribution in [0.1, 0.15) is 11.1 Å². The van der Waals surface area contributed by atoms with Crippen LogP contribution in [0.5, 0.6) is 17.2 Å². The quantitative estimate of drug-likeness (QED) is 0.742. The van der Waals surface area contributed by atoms with E-state index in [2.05, 4.69) is 24.3 Å². The molecule has 5 heteroatoms. The molecule has 0 aliphatic carbocycles. The first-order valence-electron chi connectivity index (χ1n) is 9.22. The van der Waals surface area contributed by atoms with Gasteiger partial charge in [0.2, 0.25) is 0 Å². The Bertz CT molecular complexity index is 695. The first-order chi connectivity index (χ1) is 12.7. The van der Waals surface area contributed by atoms with Crippen LogP contribution in [-0.4, -0.2) is 47.5 Å². The molecule has 1 aliphatic rings. The minimum absolute atomic E-state index is 0.792. The maximum atomic E-state index is 5.42. The molecule has 2 aromatic carbocycles. The maximum Gasteiger partial charge on any atom is 0.161 e. The molecule has 0 saturated carbocycles. The van der Waals surface area contributed by atoms with Crippen molar-refractivity contribution in [2.45, 2.75) is 13.1 Å². The fourth-order valence-corrected chi connectivity index (χ4v) is 3.62. The monoisotopic (exact) mass is 358 g/mol. The second kappa shape index (κ2) is 8.92. The lowest BCUT2D eigenvalue weighted by molar-refractivity contribution is -1.02. The van der Waals surface area contributed by atoms with E-state index in [1.807, 2.05) is 18.2 Å². The highest BCUT2D eigenvalue weighted by molar-refractivity contribution is 5.42. The van der Waals surface area contributed by atoms with Gasteiger partial charge < -0.3 is 24.0 Å². The first kappa shape index (κ1) is 18.5. The molecule has 1 fully saturated rings. The van der Waals surface area contributed by atoms with E-state index in [-0.39, 0.29) is 0 Å². The molecule has 3 rings (SSSR count). The van der Waals surface area contributed by atoms with Crippen molar-refractivity contribution in [3.8, 4) is 17.2 Å². The van der Waals surface area contributed by atoms with E-state index in [4.69, 9.17) is 14.2 Å². The molecule has 26 heavy (non-hydrogen) atoms. The Morgan fingerprint density at radius 1 is 0.654 bits per heavy atom. The zero-order chi connectivity index (χ0) is 18.4. The van der Waals surface area contributed by atoms with Crippen LogP contribution in [0.15, 0.2) is 42.5 Å². The van der Waals surface area contributed by atoms with Gasteiger partial charge in [-0.05, 0) is 42.5 Å². The van der Waals surface area contributed by atoms with Crippen LogP contribution in [-0.2, 0) is 13.1 Å². The predicted molar refractivity (Wildman–Crippen MR) is 101 cm³/mol. The Morgan fingerprint density at radius 2 is 1.19 bits per heavy atom. The fourth-order valence-electron chi connectivity index (χ4n) is 3.62. The molecular weight excluding hydrogens is 328 g/mol. The van der Waals surface area contributed by atoms with Gasteiger partial charge in [0.05, 0.1) is 21.3 Å². The van der Waals surface area contributed by atoms with Gasteiger partial charge in [0.15, 0.2) is 11.5 Å². The van der Waals surface area contributed by atoms with Gasteiger partial charge in [-0.3, -0.25) is 0 Å². The molecule has 1 saturated heterocycles. The maximum absolute atomic E-state index is 5.42. The van der Waals surface area contributed by atoms with Gasteiger partial charge in [-0.25, -0.2) is 0 Å². The highest BCUT2D eigenvalue weighted by Gasteiger charge is 2.23. The third-order valence-corrected chi connectivity index (χ3v) is 5.18. The van der Waals surface area contributed by atoms with Crippen LogP contribution in [0.4, 0.5) is 0 Å². The average molecular weight is 358 g/mol. The van der Waals surface area contributed by atoms with E-state index in [0.717, 1.165) is 30.3 Å². The Balaban J connectivity index is 1.50. The third-order valence-electron chi connectivity index (χ3n) is 5.18. The summed E-state index contributed by atoms with van der Waals surface area (Å²) in [5.41, 5.74) is 2.68. The molecule has 2 aromatic rings. The van der Waals surface area contributed by atoms with Crippen molar-refractivity contribution in [3.05, 3.63) is 53.6 Å². The summed E-state index contributed by atoms with van der Waals surface area (Å²) >= 11 is 0. The number of benzene rings is 2. The Kier molecular flexibility index (Phi) is 6.36. The highest BCUT2D eigenvalue weighted by Crippen LogP contribution is 2.27. The summed E-state index contributed by atoms with van der Waals surface area (Å²) in [6.07, 6.45) is 0. The number of rotatable bonds is 7. The van der Waals surface area contributed by atoms with Gasteiger partial charge in [-0.1, -0.05) is 0 Å². The predicted octanol–water partition coefficient (Wildman–Crippen LogP) is 0.196. The molecule has 1 heterocycles. The van der Waals surface area contributed by atoms with Crippen LogP contribution < -0.4 is 24.0 Å². The lowest BCUT2D eigenvalue weighted by Gasteiger charge is -2.30. The van der Waals surface area contributed by atoms with Gasteiger partial charge >= 0.3 is 0 Å². The molecule has 2 N–H and O–H groups in total. The second-order valence-corrected chi connectivity index (χ2v) is 6.89. The van der Waals surface area contributed by atoms with E-state index in [1.165, 1.54) is 37.3 Å². The zero-order valence-electron chi connectivity index (χ0n) is 16.0. The summed E-state index contributed by atoms with van der Waals surface area (Å²) in [4.78, 5) is 3.29. The normalized spacial score (nSPS) is 19.8. The van der Waals surface area contributed by atoms with Crippen LogP contribution in [0.3, 0.4) is 0 Å². The Morgan fingerprint density at radius 3 is 1.73 bits per heavy atom. The van der Waals surface area contributed by atoms with Crippen LogP contribution in [0.25, 0.3) is 0 Å². The molecule has 0 spiro atoms. The molecule has 0 bridgehead atoms. The smallest absolute Gasteiger partial charge is 0.161 e. The van der Waals surface area contributed by atoms with E-state index < -0.39 is 0 Å². The fraction of sp³-hybridized carbons (Fsp3) is 0.429. The van der Waals surface area contributed by atoms with E-state index in [9.17, 15) is 0 Å². The number of piperazine rings is 1. The summed E-state index contributed by atoms with van der Waals surface area (Å²) < 4.78 is 16.0. The average Bonchev–Trinajstić information content (AvgIpc) is 2.70. The number of methoxy groups -OCH3 is 3. The summed E-state index contributed by atoms with van der Waals surface area (Å²) in [5.74, 6) is 2.53. The van der Waals surface area contributed by atoms with Crippen molar-refractivity contribution in [2.75, 3.05) is 47.5 Å². The number of hydrogen-bond donors (Lipinski definition) is 2. The van der Waals surface area contributed by atoms with Crippen LogP contribution in [0, 0.1) is 0 Å². The summed E-state index contributed by atoms with van der Waals surface area (Å²) in [5, 5.41) is 0. The zero-order valence-corrected chi connectivity index (χ0v) is 16.0. The van der Waals surface area contributed by atoms with Crippen molar-refractivity contribution in [1.82, 2.24) is 0 Å². The van der Waals surface area contributed by atoms with E-state index >= 15 is 0 Å². The minimum atomic E-state index is 0.792. The summed E-state index contributed by atoms with van der Waals surface area (Å²) in [7, 11) is 5.07. The van der Waals surface area contributed by atoms with Crippen molar-refractivity contribution in [2.24, 2.45) is 0 Å². The molecule has 1 aliphatic heterocycles. The molecular formula is C21H30N2O3+2. The van der Waals surface area contributed by atoms with Gasteiger partial charge in [-0.15, -0.1) is 0 Å². The summed E-state index contributed by atoms with van der Waals surface area (Å²) in [6.45, 7) is 6.92. The number of quaternary nitrogens is 2. The standard InChI is InChI=1S/C21H28N2O3/c1-24-19-7-4-17(5-8-19)15-22-10-12-23(13-11-22)16-18-6-9-20(25-2)21(14-18)26-3/h4-9,14H,10-13,15-16H2,1-3H3/p+2. The van der Waals surface area contributed by atoms with Crippen LogP contribution in [0.2, 0.25) is 0 Å².